The molecule has 0 aliphatic carbocycles. The smallest absolute Gasteiger partial charge is 0.145 e. The molecule has 1 aromatic heterocycles. The van der Waals surface area contributed by atoms with Gasteiger partial charge in [0.15, 0.2) is 0 Å². The second-order valence-corrected chi connectivity index (χ2v) is 7.40. The number of H-pyrrole nitrogens is 1. The molecule has 0 saturated heterocycles. The Bertz CT molecular complexity index is 737. The van der Waals surface area contributed by atoms with Gasteiger partial charge in [-0.15, -0.1) is 0 Å². The average Bonchev–Trinajstić information content (AvgIpc) is 2.37. The van der Waals surface area contributed by atoms with E-state index in [4.69, 9.17) is 23.8 Å². The zero-order chi connectivity index (χ0) is 15.8. The number of nitrogens with one attached hydrogen (secondary N) is 1. The van der Waals surface area contributed by atoms with Gasteiger partial charge >= 0.3 is 0 Å². The molecule has 1 aromatic carbocycles. The van der Waals surface area contributed by atoms with E-state index in [2.05, 4.69) is 46.7 Å². The Kier molecular flexibility index (Phi) is 4.85. The van der Waals surface area contributed by atoms with Crippen LogP contribution < -0.4 is 0 Å². The highest BCUT2D eigenvalue weighted by Gasteiger charge is 2.20. The van der Waals surface area contributed by atoms with E-state index in [0.717, 1.165) is 10.2 Å². The Balaban J connectivity index is 2.49. The summed E-state index contributed by atoms with van der Waals surface area (Å²) < 4.78 is 15.2. The number of aromatic amines is 1. The van der Waals surface area contributed by atoms with Gasteiger partial charge in [-0.25, -0.2) is 9.37 Å². The maximum Gasteiger partial charge on any atom is 0.145 e. The topological polar surface area (TPSA) is 28.7 Å². The molecule has 0 saturated carbocycles. The van der Waals surface area contributed by atoms with Crippen LogP contribution in [0.15, 0.2) is 22.7 Å². The molecule has 0 aliphatic rings. The number of aromatic nitrogens is 2. The normalized spacial score (nSPS) is 11.7. The van der Waals surface area contributed by atoms with Crippen LogP contribution in [-0.4, -0.2) is 9.97 Å². The number of nitrogens with zero attached hydrogens (tertiary/aromatic N) is 1. The van der Waals surface area contributed by atoms with Crippen molar-refractivity contribution in [3.05, 3.63) is 55.2 Å². The quantitative estimate of drug-likeness (QED) is 0.679. The first-order valence-electron chi connectivity index (χ1n) is 6.42. The molecule has 0 aliphatic heterocycles. The van der Waals surface area contributed by atoms with Gasteiger partial charge in [0.1, 0.15) is 16.3 Å². The predicted octanol–water partition coefficient (Wildman–Crippen LogP) is 5.58. The molecule has 0 radical (unpaired) electrons. The third-order valence-electron chi connectivity index (χ3n) is 3.05. The number of halogens is 3. The van der Waals surface area contributed by atoms with E-state index >= 15 is 0 Å². The van der Waals surface area contributed by atoms with Crippen LogP contribution in [0.2, 0.25) is 5.02 Å². The highest BCUT2D eigenvalue weighted by molar-refractivity contribution is 9.10. The lowest BCUT2D eigenvalue weighted by atomic mass is 9.92. The van der Waals surface area contributed by atoms with Crippen molar-refractivity contribution in [3.63, 3.8) is 0 Å². The van der Waals surface area contributed by atoms with Crippen LogP contribution >= 0.6 is 39.7 Å². The molecule has 1 heterocycles. The molecule has 0 unspecified atom stereocenters. The molecule has 0 amide bonds. The minimum Gasteiger partial charge on any atom is -0.345 e. The fraction of sp³-hybridized carbons (Fsp3) is 0.333. The van der Waals surface area contributed by atoms with Crippen LogP contribution in [0, 0.1) is 10.5 Å². The fourth-order valence-corrected chi connectivity index (χ4v) is 3.16. The molecule has 2 aromatic rings. The van der Waals surface area contributed by atoms with E-state index in [1.165, 1.54) is 6.07 Å². The van der Waals surface area contributed by atoms with E-state index in [9.17, 15) is 4.39 Å². The van der Waals surface area contributed by atoms with Crippen molar-refractivity contribution in [3.8, 4) is 0 Å². The summed E-state index contributed by atoms with van der Waals surface area (Å²) in [5, 5.41) is 0.110. The first-order valence-corrected chi connectivity index (χ1v) is 8.00. The van der Waals surface area contributed by atoms with Gasteiger partial charge in [-0.3, -0.25) is 0 Å². The van der Waals surface area contributed by atoms with Crippen LogP contribution in [0.4, 0.5) is 4.39 Å². The van der Waals surface area contributed by atoms with Gasteiger partial charge in [0.2, 0.25) is 0 Å². The molecule has 0 spiro atoms. The average molecular weight is 390 g/mol. The fourth-order valence-electron chi connectivity index (χ4n) is 1.97. The molecule has 1 N–H and O–H groups in total. The maximum absolute atomic E-state index is 14.0. The Labute approximate surface area is 141 Å². The molecule has 2 nitrogen and oxygen atoms in total. The molecular weight excluding hydrogens is 375 g/mol. The molecule has 0 bridgehead atoms. The highest BCUT2D eigenvalue weighted by Crippen LogP contribution is 2.29. The molecule has 0 atom stereocenters. The lowest BCUT2D eigenvalue weighted by molar-refractivity contribution is 0.557. The number of benzene rings is 1. The lowest BCUT2D eigenvalue weighted by Crippen LogP contribution is -2.17. The molecule has 21 heavy (non-hydrogen) atoms. The molecule has 0 fully saturated rings. The van der Waals surface area contributed by atoms with Crippen LogP contribution in [0.3, 0.4) is 0 Å². The van der Waals surface area contributed by atoms with Crippen molar-refractivity contribution < 1.29 is 4.39 Å². The third kappa shape index (κ3) is 3.71. The van der Waals surface area contributed by atoms with Gasteiger partial charge in [0, 0.05) is 17.5 Å². The van der Waals surface area contributed by atoms with Gasteiger partial charge in [-0.05, 0) is 27.6 Å². The Morgan fingerprint density at radius 3 is 2.67 bits per heavy atom. The van der Waals surface area contributed by atoms with Gasteiger partial charge in [0.05, 0.1) is 9.50 Å². The van der Waals surface area contributed by atoms with E-state index < -0.39 is 5.82 Å². The summed E-state index contributed by atoms with van der Waals surface area (Å²) >= 11 is 14.5. The Hall–Kier alpha value is -0.780. The zero-order valence-electron chi connectivity index (χ0n) is 11.9. The number of hydrogen-bond acceptors (Lipinski definition) is 2. The first kappa shape index (κ1) is 16.6. The summed E-state index contributed by atoms with van der Waals surface area (Å²) in [4.78, 5) is 7.57. The van der Waals surface area contributed by atoms with Gasteiger partial charge in [-0.1, -0.05) is 56.7 Å². The van der Waals surface area contributed by atoms with Gasteiger partial charge in [-0.2, -0.15) is 0 Å². The van der Waals surface area contributed by atoms with Gasteiger partial charge < -0.3 is 4.98 Å². The molecule has 112 valence electrons. The van der Waals surface area contributed by atoms with Crippen molar-refractivity contribution >= 4 is 39.7 Å². The molecular formula is C15H15BrClFN2S. The summed E-state index contributed by atoms with van der Waals surface area (Å²) in [6.07, 6.45) is 0.312. The van der Waals surface area contributed by atoms with E-state index in [1.807, 2.05) is 0 Å². The van der Waals surface area contributed by atoms with Crippen molar-refractivity contribution in [2.45, 2.75) is 32.6 Å². The third-order valence-corrected chi connectivity index (χ3v) is 4.67. The van der Waals surface area contributed by atoms with E-state index in [1.54, 1.807) is 12.1 Å². The second-order valence-electron chi connectivity index (χ2n) is 5.82. The standard InChI is InChI=1S/C15H15BrClFN2S/c1-15(2,3)13-11(16)14(21)20-10(19-13)7-8-5-4-6-9(17)12(8)18/h4-6H,7H2,1-3H3,(H,19,20,21). The first-order chi connectivity index (χ1) is 9.70. The predicted molar refractivity (Wildman–Crippen MR) is 90.0 cm³/mol. The molecule has 2 rings (SSSR count). The number of hydrogen-bond donors (Lipinski definition) is 1. The maximum atomic E-state index is 14.0. The second kappa shape index (κ2) is 6.15. The Morgan fingerprint density at radius 2 is 2.05 bits per heavy atom. The SMILES string of the molecule is CC(C)(C)c1[nH]c(Cc2cccc(Cl)c2F)nc(=S)c1Br. The minimum absolute atomic E-state index is 0.110. The van der Waals surface area contributed by atoms with Crippen molar-refractivity contribution in [2.75, 3.05) is 0 Å². The minimum atomic E-state index is -0.416. The summed E-state index contributed by atoms with van der Waals surface area (Å²) in [6.45, 7) is 6.21. The lowest BCUT2D eigenvalue weighted by Gasteiger charge is -2.21. The van der Waals surface area contributed by atoms with Crippen LogP contribution in [0.1, 0.15) is 37.9 Å². The highest BCUT2D eigenvalue weighted by atomic mass is 79.9. The monoisotopic (exact) mass is 388 g/mol. The van der Waals surface area contributed by atoms with Crippen LogP contribution in [0.25, 0.3) is 0 Å². The van der Waals surface area contributed by atoms with Crippen LogP contribution in [0.5, 0.6) is 0 Å². The molecule has 6 heteroatoms. The zero-order valence-corrected chi connectivity index (χ0v) is 15.1. The summed E-state index contributed by atoms with van der Waals surface area (Å²) in [5.41, 5.74) is 1.31. The van der Waals surface area contributed by atoms with Crippen molar-refractivity contribution in [2.24, 2.45) is 0 Å². The summed E-state index contributed by atoms with van der Waals surface area (Å²) in [7, 11) is 0. The summed E-state index contributed by atoms with van der Waals surface area (Å²) in [5.74, 6) is 0.204. The Morgan fingerprint density at radius 1 is 1.38 bits per heavy atom. The van der Waals surface area contributed by atoms with Crippen LogP contribution in [-0.2, 0) is 11.8 Å². The van der Waals surface area contributed by atoms with E-state index in [0.29, 0.717) is 22.4 Å². The van der Waals surface area contributed by atoms with Gasteiger partial charge in [0.25, 0.3) is 0 Å². The number of rotatable bonds is 2. The largest absolute Gasteiger partial charge is 0.345 e. The van der Waals surface area contributed by atoms with E-state index in [-0.39, 0.29) is 10.4 Å². The summed E-state index contributed by atoms with van der Waals surface area (Å²) in [6, 6.07) is 4.94. The van der Waals surface area contributed by atoms with Crippen molar-refractivity contribution in [1.29, 1.82) is 0 Å². The van der Waals surface area contributed by atoms with Crippen molar-refractivity contribution in [1.82, 2.24) is 9.97 Å².